The highest BCUT2D eigenvalue weighted by atomic mass is 127. The summed E-state index contributed by atoms with van der Waals surface area (Å²) < 4.78 is 0.637. The van der Waals surface area contributed by atoms with E-state index in [9.17, 15) is 0 Å². The SMILES string of the molecule is CCC(CCN(C)C(C)I)N1CCN(C)CC1. The van der Waals surface area contributed by atoms with E-state index in [0.29, 0.717) is 4.05 Å². The van der Waals surface area contributed by atoms with Gasteiger partial charge in [0.15, 0.2) is 0 Å². The second-order valence-corrected chi connectivity index (χ2v) is 7.05. The van der Waals surface area contributed by atoms with Crippen molar-refractivity contribution in [3.63, 3.8) is 0 Å². The Labute approximate surface area is 121 Å². The van der Waals surface area contributed by atoms with Crippen molar-refractivity contribution in [2.24, 2.45) is 0 Å². The van der Waals surface area contributed by atoms with Gasteiger partial charge in [-0.25, -0.2) is 0 Å². The maximum Gasteiger partial charge on any atom is 0.0587 e. The molecule has 4 heteroatoms. The van der Waals surface area contributed by atoms with Crippen molar-refractivity contribution in [2.45, 2.75) is 36.8 Å². The summed E-state index contributed by atoms with van der Waals surface area (Å²) in [5.41, 5.74) is 0. The van der Waals surface area contributed by atoms with Crippen LogP contribution in [-0.4, -0.2) is 71.6 Å². The normalized spacial score (nSPS) is 22.9. The number of piperazine rings is 1. The zero-order valence-electron chi connectivity index (χ0n) is 11.8. The third-order valence-electron chi connectivity index (χ3n) is 3.95. The molecule has 2 unspecified atom stereocenters. The summed E-state index contributed by atoms with van der Waals surface area (Å²) in [6, 6.07) is 0.779. The molecule has 1 aliphatic rings. The molecule has 0 radical (unpaired) electrons. The first-order chi connectivity index (χ1) is 8.04. The lowest BCUT2D eigenvalue weighted by molar-refractivity contribution is 0.0986. The van der Waals surface area contributed by atoms with Crippen LogP contribution in [0.3, 0.4) is 0 Å². The van der Waals surface area contributed by atoms with Crippen LogP contribution in [0.5, 0.6) is 0 Å². The largest absolute Gasteiger partial charge is 0.304 e. The lowest BCUT2D eigenvalue weighted by atomic mass is 10.1. The highest BCUT2D eigenvalue weighted by Gasteiger charge is 2.21. The maximum atomic E-state index is 2.69. The standard InChI is InChI=1S/C13H28IN3/c1-5-13(6-7-16(4)12(2)14)17-10-8-15(3)9-11-17/h12-13H,5-11H2,1-4H3. The van der Waals surface area contributed by atoms with E-state index in [-0.39, 0.29) is 0 Å². The third-order valence-corrected chi connectivity index (χ3v) is 4.90. The van der Waals surface area contributed by atoms with Gasteiger partial charge >= 0.3 is 0 Å². The number of likely N-dealkylation sites (N-methyl/N-ethyl adjacent to an activating group) is 1. The molecule has 17 heavy (non-hydrogen) atoms. The molecule has 1 rings (SSSR count). The summed E-state index contributed by atoms with van der Waals surface area (Å²) in [4.78, 5) is 7.56. The molecule has 0 aromatic heterocycles. The van der Waals surface area contributed by atoms with Crippen molar-refractivity contribution >= 4 is 22.6 Å². The van der Waals surface area contributed by atoms with Crippen LogP contribution < -0.4 is 0 Å². The molecule has 1 fully saturated rings. The fourth-order valence-corrected chi connectivity index (χ4v) is 2.64. The summed E-state index contributed by atoms with van der Waals surface area (Å²) in [6.07, 6.45) is 2.59. The Morgan fingerprint density at radius 1 is 1.24 bits per heavy atom. The second kappa shape index (κ2) is 7.92. The Bertz CT molecular complexity index is 203. The van der Waals surface area contributed by atoms with Crippen molar-refractivity contribution in [3.05, 3.63) is 0 Å². The van der Waals surface area contributed by atoms with Crippen LogP contribution in [0.15, 0.2) is 0 Å². The third kappa shape index (κ3) is 5.41. The Morgan fingerprint density at radius 3 is 2.29 bits per heavy atom. The fraction of sp³-hybridized carbons (Fsp3) is 1.00. The number of hydrogen-bond donors (Lipinski definition) is 0. The van der Waals surface area contributed by atoms with Crippen LogP contribution in [0.4, 0.5) is 0 Å². The van der Waals surface area contributed by atoms with Gasteiger partial charge < -0.3 is 4.90 Å². The number of alkyl halides is 1. The number of rotatable bonds is 6. The molecule has 3 nitrogen and oxygen atoms in total. The highest BCUT2D eigenvalue weighted by Crippen LogP contribution is 2.14. The van der Waals surface area contributed by atoms with Gasteiger partial charge in [0.1, 0.15) is 0 Å². The van der Waals surface area contributed by atoms with Gasteiger partial charge in [0.2, 0.25) is 0 Å². The Balaban J connectivity index is 2.32. The number of hydrogen-bond acceptors (Lipinski definition) is 3. The Hall–Kier alpha value is 0.610. The molecule has 0 aromatic carbocycles. The molecule has 1 aliphatic heterocycles. The minimum Gasteiger partial charge on any atom is -0.304 e. The van der Waals surface area contributed by atoms with Gasteiger partial charge in [0, 0.05) is 38.8 Å². The molecule has 0 aromatic rings. The van der Waals surface area contributed by atoms with Crippen LogP contribution >= 0.6 is 22.6 Å². The summed E-state index contributed by atoms with van der Waals surface area (Å²) in [5.74, 6) is 0. The van der Waals surface area contributed by atoms with Gasteiger partial charge in [0.25, 0.3) is 0 Å². The van der Waals surface area contributed by atoms with Crippen molar-refractivity contribution in [1.29, 1.82) is 0 Å². The maximum absolute atomic E-state index is 2.69. The molecule has 1 heterocycles. The van der Waals surface area contributed by atoms with Crippen molar-refractivity contribution < 1.29 is 0 Å². The van der Waals surface area contributed by atoms with E-state index in [1.807, 2.05) is 0 Å². The minimum atomic E-state index is 0.637. The molecule has 0 N–H and O–H groups in total. The fourth-order valence-electron chi connectivity index (χ4n) is 2.36. The molecule has 1 saturated heterocycles. The van der Waals surface area contributed by atoms with Crippen LogP contribution in [0, 0.1) is 0 Å². The summed E-state index contributed by atoms with van der Waals surface area (Å²) >= 11 is 2.49. The zero-order chi connectivity index (χ0) is 12.8. The van der Waals surface area contributed by atoms with Crippen LogP contribution in [-0.2, 0) is 0 Å². The van der Waals surface area contributed by atoms with E-state index in [1.54, 1.807) is 0 Å². The highest BCUT2D eigenvalue weighted by molar-refractivity contribution is 14.1. The predicted molar refractivity (Wildman–Crippen MR) is 83.9 cm³/mol. The monoisotopic (exact) mass is 353 g/mol. The topological polar surface area (TPSA) is 9.72 Å². The van der Waals surface area contributed by atoms with E-state index in [0.717, 1.165) is 6.04 Å². The van der Waals surface area contributed by atoms with Gasteiger partial charge in [0.05, 0.1) is 4.05 Å². The molecule has 2 atom stereocenters. The lowest BCUT2D eigenvalue weighted by Gasteiger charge is -2.38. The van der Waals surface area contributed by atoms with Crippen molar-refractivity contribution in [1.82, 2.24) is 14.7 Å². The van der Waals surface area contributed by atoms with Crippen LogP contribution in [0.25, 0.3) is 0 Å². The van der Waals surface area contributed by atoms with E-state index in [4.69, 9.17) is 0 Å². The van der Waals surface area contributed by atoms with Gasteiger partial charge in [-0.1, -0.05) is 29.5 Å². The van der Waals surface area contributed by atoms with Crippen molar-refractivity contribution in [3.8, 4) is 0 Å². The minimum absolute atomic E-state index is 0.637. The molecule has 0 aliphatic carbocycles. The average Bonchev–Trinajstić information content (AvgIpc) is 2.31. The van der Waals surface area contributed by atoms with E-state index in [2.05, 4.69) is 65.2 Å². The molecular formula is C13H28IN3. The molecule has 0 bridgehead atoms. The molecule has 0 saturated carbocycles. The smallest absolute Gasteiger partial charge is 0.0587 e. The number of nitrogens with zero attached hydrogens (tertiary/aromatic N) is 3. The van der Waals surface area contributed by atoms with E-state index < -0.39 is 0 Å². The summed E-state index contributed by atoms with van der Waals surface area (Å²) in [5, 5.41) is 0. The van der Waals surface area contributed by atoms with Gasteiger partial charge in [-0.2, -0.15) is 0 Å². The Kier molecular flexibility index (Phi) is 7.30. The average molecular weight is 353 g/mol. The predicted octanol–water partition coefficient (Wildman–Crippen LogP) is 2.12. The Morgan fingerprint density at radius 2 is 1.82 bits per heavy atom. The zero-order valence-corrected chi connectivity index (χ0v) is 14.0. The van der Waals surface area contributed by atoms with Gasteiger partial charge in [-0.05, 0) is 33.9 Å². The van der Waals surface area contributed by atoms with E-state index >= 15 is 0 Å². The van der Waals surface area contributed by atoms with Crippen molar-refractivity contribution in [2.75, 3.05) is 46.8 Å². The van der Waals surface area contributed by atoms with Gasteiger partial charge in [-0.3, -0.25) is 9.80 Å². The molecular weight excluding hydrogens is 325 g/mol. The van der Waals surface area contributed by atoms with Crippen LogP contribution in [0.2, 0.25) is 0 Å². The molecule has 102 valence electrons. The van der Waals surface area contributed by atoms with Crippen LogP contribution in [0.1, 0.15) is 26.7 Å². The first-order valence-corrected chi connectivity index (χ1v) is 8.06. The summed E-state index contributed by atoms with van der Waals surface area (Å²) in [7, 11) is 4.46. The first-order valence-electron chi connectivity index (χ1n) is 6.81. The molecule has 0 amide bonds. The lowest BCUT2D eigenvalue weighted by Crippen LogP contribution is -2.49. The van der Waals surface area contributed by atoms with Gasteiger partial charge in [-0.15, -0.1) is 0 Å². The second-order valence-electron chi connectivity index (χ2n) is 5.24. The first kappa shape index (κ1) is 15.7. The van der Waals surface area contributed by atoms with E-state index in [1.165, 1.54) is 45.6 Å². The molecule has 0 spiro atoms. The quantitative estimate of drug-likeness (QED) is 0.412. The summed E-state index contributed by atoms with van der Waals surface area (Å²) in [6.45, 7) is 10.8. The number of halogens is 1.